The molecule has 0 aliphatic rings. The van der Waals surface area contributed by atoms with Gasteiger partial charge in [0.25, 0.3) is 5.91 Å². The quantitative estimate of drug-likeness (QED) is 0.540. The predicted molar refractivity (Wildman–Crippen MR) is 111 cm³/mol. The molecule has 0 radical (unpaired) electrons. The van der Waals surface area contributed by atoms with Crippen LogP contribution in [0.15, 0.2) is 36.4 Å². The zero-order valence-electron chi connectivity index (χ0n) is 16.4. The number of methoxy groups -OCH3 is 2. The average Bonchev–Trinajstić information content (AvgIpc) is 3.31. The molecule has 0 bridgehead atoms. The second-order valence-electron chi connectivity index (χ2n) is 6.40. The summed E-state index contributed by atoms with van der Waals surface area (Å²) in [4.78, 5) is 13.4. The molecule has 1 amide bonds. The van der Waals surface area contributed by atoms with Crippen LogP contribution in [0.2, 0.25) is 0 Å². The zero-order chi connectivity index (χ0) is 20.5. The maximum atomic E-state index is 12.7. The van der Waals surface area contributed by atoms with Gasteiger partial charge in [-0.05, 0) is 55.8 Å². The smallest absolute Gasteiger partial charge is 0.255 e. The highest BCUT2D eigenvalue weighted by Crippen LogP contribution is 2.30. The van der Waals surface area contributed by atoms with E-state index in [-0.39, 0.29) is 5.91 Å². The number of carbonyl (C=O) groups is 1. The van der Waals surface area contributed by atoms with Crippen molar-refractivity contribution in [2.45, 2.75) is 13.8 Å². The lowest BCUT2D eigenvalue weighted by atomic mass is 10.1. The molecule has 29 heavy (non-hydrogen) atoms. The largest absolute Gasteiger partial charge is 0.493 e. The van der Waals surface area contributed by atoms with Crippen molar-refractivity contribution >= 4 is 27.9 Å². The minimum Gasteiger partial charge on any atom is -0.493 e. The van der Waals surface area contributed by atoms with Crippen LogP contribution in [0.5, 0.6) is 11.5 Å². The Balaban J connectivity index is 1.57. The predicted octanol–water partition coefficient (Wildman–Crippen LogP) is 3.74. The van der Waals surface area contributed by atoms with Gasteiger partial charge in [0, 0.05) is 16.8 Å². The van der Waals surface area contributed by atoms with Gasteiger partial charge in [-0.1, -0.05) is 11.3 Å². The van der Waals surface area contributed by atoms with Crippen molar-refractivity contribution in [1.29, 1.82) is 0 Å². The Morgan fingerprint density at radius 2 is 1.83 bits per heavy atom. The van der Waals surface area contributed by atoms with Crippen LogP contribution in [-0.4, -0.2) is 39.9 Å². The third-order valence-corrected chi connectivity index (χ3v) is 5.46. The molecule has 0 saturated heterocycles. The molecular weight excluding hydrogens is 390 g/mol. The molecule has 0 atom stereocenters. The van der Waals surface area contributed by atoms with Crippen molar-refractivity contribution in [3.8, 4) is 22.1 Å². The van der Waals surface area contributed by atoms with Crippen LogP contribution < -0.4 is 14.8 Å². The zero-order valence-corrected chi connectivity index (χ0v) is 17.2. The minimum atomic E-state index is -0.226. The van der Waals surface area contributed by atoms with Crippen molar-refractivity contribution in [2.24, 2.45) is 0 Å². The van der Waals surface area contributed by atoms with Crippen molar-refractivity contribution in [3.05, 3.63) is 53.3 Å². The Morgan fingerprint density at radius 3 is 2.52 bits per heavy atom. The number of nitrogens with zero attached hydrogens (tertiary/aromatic N) is 4. The van der Waals surface area contributed by atoms with E-state index in [4.69, 9.17) is 9.47 Å². The summed E-state index contributed by atoms with van der Waals surface area (Å²) in [5.74, 6) is 1.60. The van der Waals surface area contributed by atoms with Crippen LogP contribution in [0.1, 0.15) is 21.7 Å². The molecular formula is C20H19N5O3S. The van der Waals surface area contributed by atoms with E-state index in [1.165, 1.54) is 18.4 Å². The Bertz CT molecular complexity index is 1210. The molecule has 0 spiro atoms. The van der Waals surface area contributed by atoms with Crippen molar-refractivity contribution in [1.82, 2.24) is 19.8 Å². The summed E-state index contributed by atoms with van der Waals surface area (Å²) < 4.78 is 12.2. The van der Waals surface area contributed by atoms with Gasteiger partial charge in [0.1, 0.15) is 5.01 Å². The fourth-order valence-electron chi connectivity index (χ4n) is 2.94. The summed E-state index contributed by atoms with van der Waals surface area (Å²) in [7, 11) is 3.09. The van der Waals surface area contributed by atoms with Gasteiger partial charge in [0.2, 0.25) is 4.96 Å². The molecule has 148 valence electrons. The number of anilines is 1. The van der Waals surface area contributed by atoms with Crippen LogP contribution in [-0.2, 0) is 0 Å². The van der Waals surface area contributed by atoms with Crippen LogP contribution >= 0.6 is 11.3 Å². The molecule has 9 heteroatoms. The summed E-state index contributed by atoms with van der Waals surface area (Å²) in [6, 6.07) is 10.9. The van der Waals surface area contributed by atoms with E-state index in [2.05, 4.69) is 20.6 Å². The number of hydrogen-bond acceptors (Lipinski definition) is 7. The maximum Gasteiger partial charge on any atom is 0.255 e. The lowest BCUT2D eigenvalue weighted by Crippen LogP contribution is -2.13. The Hall–Kier alpha value is -3.46. The summed E-state index contributed by atoms with van der Waals surface area (Å²) in [6.07, 6.45) is 0. The summed E-state index contributed by atoms with van der Waals surface area (Å²) in [5, 5.41) is 16.4. The lowest BCUT2D eigenvalue weighted by Gasteiger charge is -2.12. The highest BCUT2D eigenvalue weighted by atomic mass is 32.1. The number of nitrogens with one attached hydrogen (secondary N) is 1. The number of carbonyl (C=O) groups excluding carboxylic acids is 1. The molecule has 0 unspecified atom stereocenters. The van der Waals surface area contributed by atoms with Crippen LogP contribution in [0, 0.1) is 13.8 Å². The maximum absolute atomic E-state index is 12.7. The number of rotatable bonds is 5. The van der Waals surface area contributed by atoms with Gasteiger partial charge < -0.3 is 14.8 Å². The fourth-order valence-corrected chi connectivity index (χ4v) is 3.82. The average molecular weight is 409 g/mol. The molecule has 4 aromatic rings. The van der Waals surface area contributed by atoms with Gasteiger partial charge in [-0.15, -0.1) is 10.2 Å². The normalized spacial score (nSPS) is 10.9. The first kappa shape index (κ1) is 18.9. The Kier molecular flexibility index (Phi) is 4.89. The highest BCUT2D eigenvalue weighted by Gasteiger charge is 2.14. The van der Waals surface area contributed by atoms with Gasteiger partial charge >= 0.3 is 0 Å². The topological polar surface area (TPSA) is 90.6 Å². The van der Waals surface area contributed by atoms with E-state index in [0.717, 1.165) is 32.6 Å². The first-order chi connectivity index (χ1) is 14.0. The second kappa shape index (κ2) is 7.51. The number of benzene rings is 2. The monoisotopic (exact) mass is 409 g/mol. The summed E-state index contributed by atoms with van der Waals surface area (Å²) in [5.41, 5.74) is 3.10. The van der Waals surface area contributed by atoms with Gasteiger partial charge in [-0.3, -0.25) is 4.79 Å². The number of fused-ring (bicyclic) bond motifs is 1. The molecule has 1 N–H and O–H groups in total. The third kappa shape index (κ3) is 3.52. The third-order valence-electron chi connectivity index (χ3n) is 4.51. The standard InChI is InChI=1S/C20H19N5O3S/c1-11-9-14(19-24-25-12(2)22-23-20(25)29-19)5-7-15(11)21-18(26)13-6-8-16(27-3)17(10-13)28-4/h5-10H,1-4H3,(H,21,26). The number of aryl methyl sites for hydroxylation is 2. The molecule has 0 fully saturated rings. The summed E-state index contributed by atoms with van der Waals surface area (Å²) >= 11 is 1.47. The Labute approximate surface area is 171 Å². The SMILES string of the molecule is COc1ccc(C(=O)Nc2ccc(-c3nn4c(C)nnc4s3)cc2C)cc1OC. The van der Waals surface area contributed by atoms with Crippen molar-refractivity contribution in [3.63, 3.8) is 0 Å². The molecule has 2 heterocycles. The van der Waals surface area contributed by atoms with Crippen LogP contribution in [0.4, 0.5) is 5.69 Å². The first-order valence-electron chi connectivity index (χ1n) is 8.83. The highest BCUT2D eigenvalue weighted by molar-refractivity contribution is 7.19. The number of aromatic nitrogens is 4. The minimum absolute atomic E-state index is 0.226. The van der Waals surface area contributed by atoms with Crippen molar-refractivity contribution < 1.29 is 14.3 Å². The van der Waals surface area contributed by atoms with E-state index in [9.17, 15) is 4.79 Å². The van der Waals surface area contributed by atoms with E-state index >= 15 is 0 Å². The van der Waals surface area contributed by atoms with Gasteiger partial charge in [0.05, 0.1) is 14.2 Å². The molecule has 4 rings (SSSR count). The van der Waals surface area contributed by atoms with Crippen molar-refractivity contribution in [2.75, 3.05) is 19.5 Å². The molecule has 0 saturated carbocycles. The van der Waals surface area contributed by atoms with E-state index in [0.29, 0.717) is 17.1 Å². The van der Waals surface area contributed by atoms with E-state index in [1.54, 1.807) is 29.8 Å². The first-order valence-corrected chi connectivity index (χ1v) is 9.65. The van der Waals surface area contributed by atoms with Crippen LogP contribution in [0.3, 0.4) is 0 Å². The molecule has 0 aliphatic carbocycles. The van der Waals surface area contributed by atoms with Gasteiger partial charge in [-0.2, -0.15) is 9.61 Å². The van der Waals surface area contributed by atoms with Gasteiger partial charge in [0.15, 0.2) is 17.3 Å². The second-order valence-corrected chi connectivity index (χ2v) is 7.36. The van der Waals surface area contributed by atoms with E-state index < -0.39 is 0 Å². The van der Waals surface area contributed by atoms with E-state index in [1.807, 2.05) is 32.0 Å². The molecule has 8 nitrogen and oxygen atoms in total. The molecule has 2 aromatic heterocycles. The summed E-state index contributed by atoms with van der Waals surface area (Å²) in [6.45, 7) is 3.81. The number of hydrogen-bond donors (Lipinski definition) is 1. The van der Waals surface area contributed by atoms with Gasteiger partial charge in [-0.25, -0.2) is 0 Å². The van der Waals surface area contributed by atoms with Crippen LogP contribution in [0.25, 0.3) is 15.5 Å². The lowest BCUT2D eigenvalue weighted by molar-refractivity contribution is 0.102. The molecule has 2 aromatic carbocycles. The Morgan fingerprint density at radius 1 is 1.03 bits per heavy atom. The fraction of sp³-hybridized carbons (Fsp3) is 0.200. The number of amides is 1. The number of ether oxygens (including phenoxy) is 2. The molecule has 0 aliphatic heterocycles.